The lowest BCUT2D eigenvalue weighted by molar-refractivity contribution is -0.00945. The Hall–Kier alpha value is -1.65. The number of aryl methyl sites for hydroxylation is 1. The van der Waals surface area contributed by atoms with E-state index in [0.29, 0.717) is 16.2 Å². The molecule has 1 heterocycles. The highest BCUT2D eigenvalue weighted by Crippen LogP contribution is 2.40. The summed E-state index contributed by atoms with van der Waals surface area (Å²) in [6.07, 6.45) is 0. The highest BCUT2D eigenvalue weighted by Gasteiger charge is 2.45. The second-order valence-corrected chi connectivity index (χ2v) is 6.67. The predicted octanol–water partition coefficient (Wildman–Crippen LogP) is 2.73. The van der Waals surface area contributed by atoms with Gasteiger partial charge in [-0.25, -0.2) is 0 Å². The van der Waals surface area contributed by atoms with E-state index in [1.165, 1.54) is 0 Å². The van der Waals surface area contributed by atoms with E-state index >= 15 is 0 Å². The average Bonchev–Trinajstić information content (AvgIpc) is 2.78. The quantitative estimate of drug-likeness (QED) is 0.924. The largest absolute Gasteiger partial charge is 0.472 e. The number of hydrogen-bond acceptors (Lipinski definition) is 3. The van der Waals surface area contributed by atoms with E-state index in [-0.39, 0.29) is 0 Å². The minimum atomic E-state index is -1.38. The van der Waals surface area contributed by atoms with Crippen molar-refractivity contribution in [1.82, 2.24) is 0 Å². The first-order valence-corrected chi connectivity index (χ1v) is 7.67. The topological polar surface area (TPSA) is 46.5 Å². The number of hydrogen-bond donors (Lipinski definition) is 1. The summed E-state index contributed by atoms with van der Waals surface area (Å²) in [6, 6.07) is 14.7. The van der Waals surface area contributed by atoms with Gasteiger partial charge >= 0.3 is 0 Å². The van der Waals surface area contributed by atoms with Gasteiger partial charge in [0.2, 0.25) is 5.44 Å². The zero-order valence-electron chi connectivity index (χ0n) is 11.4. The maximum atomic E-state index is 12.5. The molecule has 0 spiro atoms. The molecule has 20 heavy (non-hydrogen) atoms. The molecule has 1 N–H and O–H groups in total. The van der Waals surface area contributed by atoms with Crippen molar-refractivity contribution >= 4 is 10.8 Å². The third-order valence-corrected chi connectivity index (χ3v) is 5.30. The van der Waals surface area contributed by atoms with Crippen LogP contribution >= 0.6 is 0 Å². The van der Waals surface area contributed by atoms with Crippen LogP contribution in [0.1, 0.15) is 18.1 Å². The monoisotopic (exact) mass is 288 g/mol. The number of para-hydroxylation sites is 1. The Bertz CT molecular complexity index is 662. The molecule has 0 radical (unpaired) electrons. The van der Waals surface area contributed by atoms with Gasteiger partial charge in [0, 0.05) is 0 Å². The molecule has 0 bridgehead atoms. The summed E-state index contributed by atoms with van der Waals surface area (Å²) < 4.78 is 18.2. The van der Waals surface area contributed by atoms with Gasteiger partial charge in [0.15, 0.2) is 0 Å². The fourth-order valence-corrected chi connectivity index (χ4v) is 3.84. The molecule has 3 rings (SSSR count). The summed E-state index contributed by atoms with van der Waals surface area (Å²) in [5, 5.41) is 10.8. The number of rotatable bonds is 2. The first-order valence-electron chi connectivity index (χ1n) is 6.46. The smallest absolute Gasteiger partial charge is 0.210 e. The van der Waals surface area contributed by atoms with Crippen LogP contribution in [0.4, 0.5) is 0 Å². The first kappa shape index (κ1) is 13.3. The molecule has 0 saturated heterocycles. The molecule has 0 aromatic heterocycles. The zero-order valence-corrected chi connectivity index (χ0v) is 12.2. The molecular weight excluding hydrogens is 272 g/mol. The molecule has 1 aliphatic heterocycles. The standard InChI is InChI=1S/C16H16O3S/c1-11-7-9-12(10-8-11)16(2,17)15-19-13-5-3-4-6-14(13)20(15)18/h3-10,15,17H,1-2H3/t15-,16-,20?/m0/s1. The van der Waals surface area contributed by atoms with E-state index in [1.807, 2.05) is 43.3 Å². The van der Waals surface area contributed by atoms with Crippen molar-refractivity contribution in [2.24, 2.45) is 0 Å². The van der Waals surface area contributed by atoms with E-state index in [9.17, 15) is 9.32 Å². The average molecular weight is 288 g/mol. The zero-order chi connectivity index (χ0) is 14.3. The normalized spacial score (nSPS) is 23.8. The van der Waals surface area contributed by atoms with Crippen molar-refractivity contribution in [1.29, 1.82) is 0 Å². The van der Waals surface area contributed by atoms with Crippen LogP contribution in [-0.2, 0) is 16.4 Å². The van der Waals surface area contributed by atoms with Gasteiger partial charge in [-0.3, -0.25) is 4.21 Å². The van der Waals surface area contributed by atoms with Crippen LogP contribution in [0, 0.1) is 6.92 Å². The van der Waals surface area contributed by atoms with Crippen molar-refractivity contribution in [3.8, 4) is 5.75 Å². The molecule has 0 fully saturated rings. The predicted molar refractivity (Wildman–Crippen MR) is 78.0 cm³/mol. The van der Waals surface area contributed by atoms with Crippen LogP contribution in [0.2, 0.25) is 0 Å². The maximum Gasteiger partial charge on any atom is 0.210 e. The molecular formula is C16H16O3S. The number of aliphatic hydroxyl groups is 1. The fraction of sp³-hybridized carbons (Fsp3) is 0.250. The minimum Gasteiger partial charge on any atom is -0.472 e. The Morgan fingerprint density at radius 1 is 1.15 bits per heavy atom. The summed E-state index contributed by atoms with van der Waals surface area (Å²) >= 11 is 0. The maximum absolute atomic E-state index is 12.5. The minimum absolute atomic E-state index is 0.586. The molecule has 2 aromatic rings. The molecule has 4 heteroatoms. The van der Waals surface area contributed by atoms with E-state index in [4.69, 9.17) is 4.74 Å². The van der Waals surface area contributed by atoms with Crippen LogP contribution in [-0.4, -0.2) is 14.8 Å². The van der Waals surface area contributed by atoms with E-state index in [1.54, 1.807) is 19.1 Å². The molecule has 1 aliphatic rings. The third-order valence-electron chi connectivity index (χ3n) is 3.59. The van der Waals surface area contributed by atoms with Crippen molar-refractivity contribution in [2.75, 3.05) is 0 Å². The Labute approximate surface area is 120 Å². The van der Waals surface area contributed by atoms with Crippen molar-refractivity contribution < 1.29 is 14.1 Å². The summed E-state index contributed by atoms with van der Waals surface area (Å²) in [6.45, 7) is 3.63. The van der Waals surface area contributed by atoms with E-state index in [2.05, 4.69) is 0 Å². The number of benzene rings is 2. The van der Waals surface area contributed by atoms with Crippen LogP contribution < -0.4 is 4.74 Å². The molecule has 3 nitrogen and oxygen atoms in total. The molecule has 3 atom stereocenters. The summed E-state index contributed by atoms with van der Waals surface area (Å²) in [5.41, 5.74) is -0.282. The Morgan fingerprint density at radius 2 is 1.80 bits per heavy atom. The van der Waals surface area contributed by atoms with Gasteiger partial charge in [-0.2, -0.15) is 0 Å². The lowest BCUT2D eigenvalue weighted by Crippen LogP contribution is -2.41. The summed E-state index contributed by atoms with van der Waals surface area (Å²) in [5.74, 6) is 0.586. The molecule has 2 aromatic carbocycles. The summed E-state index contributed by atoms with van der Waals surface area (Å²) in [7, 11) is -1.38. The van der Waals surface area contributed by atoms with Crippen molar-refractivity contribution in [3.63, 3.8) is 0 Å². The molecule has 0 saturated carbocycles. The SMILES string of the molecule is Cc1ccc([C@](C)(O)[C@H]2Oc3ccccc3S2=O)cc1. The van der Waals surface area contributed by atoms with E-state index in [0.717, 1.165) is 5.56 Å². The molecule has 104 valence electrons. The van der Waals surface area contributed by atoms with Gasteiger partial charge in [-0.05, 0) is 31.5 Å². The lowest BCUT2D eigenvalue weighted by Gasteiger charge is -2.28. The van der Waals surface area contributed by atoms with Gasteiger partial charge in [-0.15, -0.1) is 0 Å². The second-order valence-electron chi connectivity index (χ2n) is 5.21. The van der Waals surface area contributed by atoms with Gasteiger partial charge in [0.25, 0.3) is 0 Å². The lowest BCUT2D eigenvalue weighted by atomic mass is 9.96. The van der Waals surface area contributed by atoms with Gasteiger partial charge in [0.05, 0.1) is 4.90 Å². The number of fused-ring (bicyclic) bond motifs is 1. The van der Waals surface area contributed by atoms with Crippen LogP contribution in [0.5, 0.6) is 5.75 Å². The first-order chi connectivity index (χ1) is 9.50. The van der Waals surface area contributed by atoms with Gasteiger partial charge in [0.1, 0.15) is 22.2 Å². The van der Waals surface area contributed by atoms with Crippen molar-refractivity contribution in [3.05, 3.63) is 59.7 Å². The summed E-state index contributed by atoms with van der Waals surface area (Å²) in [4.78, 5) is 0.643. The van der Waals surface area contributed by atoms with Crippen LogP contribution in [0.15, 0.2) is 53.4 Å². The fourth-order valence-electron chi connectivity index (χ4n) is 2.34. The van der Waals surface area contributed by atoms with Crippen molar-refractivity contribution in [2.45, 2.75) is 29.8 Å². The highest BCUT2D eigenvalue weighted by atomic mass is 32.2. The Balaban J connectivity index is 1.98. The number of ether oxygens (including phenoxy) is 1. The Kier molecular flexibility index (Phi) is 3.15. The second kappa shape index (κ2) is 4.72. The highest BCUT2D eigenvalue weighted by molar-refractivity contribution is 7.86. The van der Waals surface area contributed by atoms with Crippen LogP contribution in [0.3, 0.4) is 0 Å². The molecule has 0 aliphatic carbocycles. The van der Waals surface area contributed by atoms with Gasteiger partial charge in [-0.1, -0.05) is 42.0 Å². The Morgan fingerprint density at radius 3 is 2.45 bits per heavy atom. The van der Waals surface area contributed by atoms with Crippen LogP contribution in [0.25, 0.3) is 0 Å². The van der Waals surface area contributed by atoms with Gasteiger partial charge < -0.3 is 9.84 Å². The third kappa shape index (κ3) is 2.05. The van der Waals surface area contributed by atoms with E-state index < -0.39 is 21.8 Å². The molecule has 1 unspecified atom stereocenters. The molecule has 0 amide bonds.